The Morgan fingerprint density at radius 1 is 1.18 bits per heavy atom. The van der Waals surface area contributed by atoms with E-state index in [1.54, 1.807) is 29.6 Å². The predicted molar refractivity (Wildman–Crippen MR) is 128 cm³/mol. The summed E-state index contributed by atoms with van der Waals surface area (Å²) in [5, 5.41) is 9.71. The summed E-state index contributed by atoms with van der Waals surface area (Å²) in [6.07, 6.45) is 1.89. The molecule has 34 heavy (non-hydrogen) atoms. The number of ether oxygens (including phenoxy) is 2. The van der Waals surface area contributed by atoms with Crippen LogP contribution >= 0.6 is 11.8 Å². The van der Waals surface area contributed by atoms with Crippen LogP contribution in [0.25, 0.3) is 16.7 Å². The zero-order valence-electron chi connectivity index (χ0n) is 19.4. The summed E-state index contributed by atoms with van der Waals surface area (Å²) in [5.41, 5.74) is 0.587. The molecule has 4 rings (SSSR count). The lowest BCUT2D eigenvalue weighted by molar-refractivity contribution is -0.151. The second kappa shape index (κ2) is 11.0. The van der Waals surface area contributed by atoms with Crippen LogP contribution in [0.2, 0.25) is 0 Å². The highest BCUT2D eigenvalue weighted by molar-refractivity contribution is 7.99. The Bertz CT molecular complexity index is 1230. The standard InChI is InChI=1S/C23H29N5O5S/c1-3-33-21(31)16-9-12-26(13-10-16)19(29)15-34-23-25-24-22-27(11-6-14-32-2)20(30)17-7-4-5-8-18(17)28(22)23/h4-5,7-8,16H,3,6,9-15H2,1-2H3. The summed E-state index contributed by atoms with van der Waals surface area (Å²) >= 11 is 1.30. The molecule has 1 aliphatic heterocycles. The van der Waals surface area contributed by atoms with Crippen molar-refractivity contribution >= 4 is 40.3 Å². The van der Waals surface area contributed by atoms with Crippen molar-refractivity contribution < 1.29 is 19.1 Å². The molecule has 0 radical (unpaired) electrons. The molecule has 1 amide bonds. The number of esters is 1. The Hall–Kier alpha value is -2.92. The number of amides is 1. The molecule has 0 aliphatic carbocycles. The molecule has 182 valence electrons. The first-order valence-corrected chi connectivity index (χ1v) is 12.5. The molecule has 0 saturated carbocycles. The van der Waals surface area contributed by atoms with E-state index in [1.807, 2.05) is 22.6 Å². The van der Waals surface area contributed by atoms with E-state index < -0.39 is 0 Å². The fourth-order valence-electron chi connectivity index (χ4n) is 4.24. The SMILES string of the molecule is CCOC(=O)C1CCN(C(=O)CSc2nnc3n(CCCOC)c(=O)c4ccccc4n23)CC1. The van der Waals surface area contributed by atoms with Crippen molar-refractivity contribution in [1.29, 1.82) is 0 Å². The average Bonchev–Trinajstić information content (AvgIpc) is 3.29. The Kier molecular flexibility index (Phi) is 7.84. The van der Waals surface area contributed by atoms with Crippen molar-refractivity contribution in [2.24, 2.45) is 5.92 Å². The molecular weight excluding hydrogens is 458 g/mol. The van der Waals surface area contributed by atoms with Gasteiger partial charge in [0.1, 0.15) is 0 Å². The highest BCUT2D eigenvalue weighted by atomic mass is 32.2. The highest BCUT2D eigenvalue weighted by Crippen LogP contribution is 2.24. The van der Waals surface area contributed by atoms with Gasteiger partial charge < -0.3 is 14.4 Å². The summed E-state index contributed by atoms with van der Waals surface area (Å²) in [4.78, 5) is 39.7. The number of hydrogen-bond donors (Lipinski definition) is 0. The van der Waals surface area contributed by atoms with Crippen LogP contribution in [0.4, 0.5) is 0 Å². The van der Waals surface area contributed by atoms with E-state index in [0.717, 1.165) is 0 Å². The Morgan fingerprint density at radius 3 is 2.68 bits per heavy atom. The van der Waals surface area contributed by atoms with Gasteiger partial charge in [0.15, 0.2) is 5.16 Å². The van der Waals surface area contributed by atoms with Gasteiger partial charge in [0.05, 0.1) is 29.2 Å². The van der Waals surface area contributed by atoms with Crippen LogP contribution in [0.15, 0.2) is 34.2 Å². The molecule has 0 atom stereocenters. The molecule has 10 nitrogen and oxygen atoms in total. The third kappa shape index (κ3) is 4.95. The van der Waals surface area contributed by atoms with E-state index in [2.05, 4.69) is 10.2 Å². The van der Waals surface area contributed by atoms with Gasteiger partial charge in [-0.05, 0) is 38.3 Å². The van der Waals surface area contributed by atoms with Gasteiger partial charge in [0, 0.05) is 33.4 Å². The minimum Gasteiger partial charge on any atom is -0.466 e. The first-order valence-electron chi connectivity index (χ1n) is 11.5. The van der Waals surface area contributed by atoms with Crippen LogP contribution < -0.4 is 5.56 Å². The molecule has 1 aliphatic rings. The molecular formula is C23H29N5O5S. The van der Waals surface area contributed by atoms with Gasteiger partial charge >= 0.3 is 5.97 Å². The third-order valence-corrected chi connectivity index (χ3v) is 6.91. The third-order valence-electron chi connectivity index (χ3n) is 6.00. The van der Waals surface area contributed by atoms with Crippen molar-refractivity contribution in [3.05, 3.63) is 34.6 Å². The number of benzene rings is 1. The van der Waals surface area contributed by atoms with Gasteiger partial charge in [-0.1, -0.05) is 23.9 Å². The van der Waals surface area contributed by atoms with Gasteiger partial charge in [-0.3, -0.25) is 23.4 Å². The maximum Gasteiger partial charge on any atom is 0.309 e. The Labute approximate surface area is 201 Å². The van der Waals surface area contributed by atoms with Crippen molar-refractivity contribution in [3.8, 4) is 0 Å². The fraction of sp³-hybridized carbons (Fsp3) is 0.522. The molecule has 3 heterocycles. The molecule has 2 aromatic heterocycles. The summed E-state index contributed by atoms with van der Waals surface area (Å²) in [5.74, 6) is 0.314. The highest BCUT2D eigenvalue weighted by Gasteiger charge is 2.28. The maximum absolute atomic E-state index is 13.1. The molecule has 0 spiro atoms. The van der Waals surface area contributed by atoms with Crippen LogP contribution in [-0.2, 0) is 25.6 Å². The number of para-hydroxylation sites is 1. The Morgan fingerprint density at radius 2 is 1.94 bits per heavy atom. The summed E-state index contributed by atoms with van der Waals surface area (Å²) in [6, 6.07) is 7.34. The smallest absolute Gasteiger partial charge is 0.309 e. The summed E-state index contributed by atoms with van der Waals surface area (Å²) in [7, 11) is 1.63. The number of methoxy groups -OCH3 is 1. The lowest BCUT2D eigenvalue weighted by atomic mass is 9.97. The lowest BCUT2D eigenvalue weighted by Crippen LogP contribution is -2.41. The molecule has 1 aromatic carbocycles. The van der Waals surface area contributed by atoms with Crippen molar-refractivity contribution in [2.45, 2.75) is 37.9 Å². The number of thioether (sulfide) groups is 1. The number of piperidine rings is 1. The van der Waals surface area contributed by atoms with Crippen LogP contribution in [0.1, 0.15) is 26.2 Å². The predicted octanol–water partition coefficient (Wildman–Crippen LogP) is 1.97. The number of fused-ring (bicyclic) bond motifs is 3. The van der Waals surface area contributed by atoms with Gasteiger partial charge in [-0.2, -0.15) is 0 Å². The monoisotopic (exact) mass is 487 g/mol. The van der Waals surface area contributed by atoms with E-state index in [0.29, 0.717) is 73.9 Å². The summed E-state index contributed by atoms with van der Waals surface area (Å²) in [6.45, 7) is 4.22. The quantitative estimate of drug-likeness (QED) is 0.256. The second-order valence-electron chi connectivity index (χ2n) is 8.13. The second-order valence-corrected chi connectivity index (χ2v) is 9.08. The van der Waals surface area contributed by atoms with Gasteiger partial charge in [0.2, 0.25) is 11.7 Å². The van der Waals surface area contributed by atoms with E-state index >= 15 is 0 Å². The van der Waals surface area contributed by atoms with Crippen molar-refractivity contribution in [3.63, 3.8) is 0 Å². The van der Waals surface area contributed by atoms with Crippen LogP contribution in [0.5, 0.6) is 0 Å². The molecule has 0 N–H and O–H groups in total. The number of aryl methyl sites for hydroxylation is 1. The zero-order valence-corrected chi connectivity index (χ0v) is 20.3. The van der Waals surface area contributed by atoms with Crippen LogP contribution in [-0.4, -0.2) is 75.1 Å². The number of carbonyl (C=O) groups excluding carboxylic acids is 2. The lowest BCUT2D eigenvalue weighted by Gasteiger charge is -2.30. The average molecular weight is 488 g/mol. The number of carbonyl (C=O) groups is 2. The normalized spacial score (nSPS) is 14.7. The van der Waals surface area contributed by atoms with Gasteiger partial charge in [-0.25, -0.2) is 0 Å². The number of nitrogens with zero attached hydrogens (tertiary/aromatic N) is 5. The first-order chi connectivity index (χ1) is 16.5. The molecule has 0 unspecified atom stereocenters. The van der Waals surface area contributed by atoms with Gasteiger partial charge in [-0.15, -0.1) is 10.2 Å². The molecule has 1 fully saturated rings. The van der Waals surface area contributed by atoms with Crippen LogP contribution in [0.3, 0.4) is 0 Å². The first kappa shape index (κ1) is 24.2. The molecule has 0 bridgehead atoms. The largest absolute Gasteiger partial charge is 0.466 e. The molecule has 3 aromatic rings. The van der Waals surface area contributed by atoms with E-state index in [4.69, 9.17) is 9.47 Å². The van der Waals surface area contributed by atoms with Crippen molar-refractivity contribution in [1.82, 2.24) is 24.1 Å². The van der Waals surface area contributed by atoms with E-state index in [9.17, 15) is 14.4 Å². The van der Waals surface area contributed by atoms with Gasteiger partial charge in [0.25, 0.3) is 5.56 Å². The molecule has 1 saturated heterocycles. The maximum atomic E-state index is 13.1. The topological polar surface area (TPSA) is 108 Å². The number of likely N-dealkylation sites (tertiary alicyclic amines) is 1. The minimum absolute atomic E-state index is 0.0122. The number of rotatable bonds is 9. The van der Waals surface area contributed by atoms with Crippen molar-refractivity contribution in [2.75, 3.05) is 39.2 Å². The summed E-state index contributed by atoms with van der Waals surface area (Å²) < 4.78 is 13.7. The van der Waals surface area contributed by atoms with E-state index in [-0.39, 0.29) is 29.1 Å². The van der Waals surface area contributed by atoms with Crippen LogP contribution in [0, 0.1) is 5.92 Å². The Balaban J connectivity index is 1.51. The fourth-order valence-corrected chi connectivity index (χ4v) is 5.08. The minimum atomic E-state index is -0.178. The zero-order chi connectivity index (χ0) is 24.1. The number of aromatic nitrogens is 4. The number of hydrogen-bond acceptors (Lipinski definition) is 8. The molecule has 11 heteroatoms. The van der Waals surface area contributed by atoms with E-state index in [1.165, 1.54) is 11.8 Å².